The third kappa shape index (κ3) is 3.76. The summed E-state index contributed by atoms with van der Waals surface area (Å²) >= 11 is 1.59. The van der Waals surface area contributed by atoms with E-state index in [2.05, 4.69) is 42.3 Å². The Morgan fingerprint density at radius 3 is 2.96 bits per heavy atom. The molecule has 2 N–H and O–H groups in total. The molecule has 1 aliphatic heterocycles. The highest BCUT2D eigenvalue weighted by Crippen LogP contribution is 2.31. The van der Waals surface area contributed by atoms with Crippen LogP contribution >= 0.6 is 11.3 Å². The summed E-state index contributed by atoms with van der Waals surface area (Å²) in [6.45, 7) is 7.08. The van der Waals surface area contributed by atoms with Gasteiger partial charge in [-0.25, -0.2) is 9.97 Å². The van der Waals surface area contributed by atoms with E-state index in [9.17, 15) is 0 Å². The van der Waals surface area contributed by atoms with Gasteiger partial charge in [0, 0.05) is 48.0 Å². The summed E-state index contributed by atoms with van der Waals surface area (Å²) < 4.78 is 0. The highest BCUT2D eigenvalue weighted by Gasteiger charge is 2.25. The average molecular weight is 369 g/mol. The Kier molecular flexibility index (Phi) is 4.94. The van der Waals surface area contributed by atoms with Gasteiger partial charge in [-0.1, -0.05) is 0 Å². The van der Waals surface area contributed by atoms with Crippen molar-refractivity contribution in [2.45, 2.75) is 39.2 Å². The summed E-state index contributed by atoms with van der Waals surface area (Å²) in [5.41, 5.74) is 4.46. The zero-order valence-corrected chi connectivity index (χ0v) is 15.9. The molecule has 0 bridgehead atoms. The van der Waals surface area contributed by atoms with E-state index in [1.807, 2.05) is 18.5 Å². The third-order valence-electron chi connectivity index (χ3n) is 4.79. The summed E-state index contributed by atoms with van der Waals surface area (Å²) in [5, 5.41) is 13.4. The molecular weight excluding hydrogens is 346 g/mol. The third-order valence-corrected chi connectivity index (χ3v) is 5.67. The molecule has 7 nitrogen and oxygen atoms in total. The number of rotatable bonds is 5. The molecule has 1 aliphatic rings. The standard InChI is InChI=1S/C18H23N7S/c1-12-11-26-18(22-12)23-17-16(19-5-6-20-17)14-4-3-7-25(9-14)10-15-8-21-24-13(15)2/h5-6,8,11,14H,3-4,7,9-10H2,1-2H3,(H,21,24)(H,20,22,23)/t14-/m0/s1. The number of nitrogens with one attached hydrogen (secondary N) is 2. The highest BCUT2D eigenvalue weighted by molar-refractivity contribution is 7.13. The van der Waals surface area contributed by atoms with Gasteiger partial charge < -0.3 is 5.32 Å². The number of hydrogen-bond donors (Lipinski definition) is 2. The summed E-state index contributed by atoms with van der Waals surface area (Å²) in [6.07, 6.45) is 7.74. The minimum absolute atomic E-state index is 0.369. The van der Waals surface area contributed by atoms with Crippen LogP contribution in [0.4, 0.5) is 10.9 Å². The maximum Gasteiger partial charge on any atom is 0.188 e. The number of likely N-dealkylation sites (tertiary alicyclic amines) is 1. The summed E-state index contributed by atoms with van der Waals surface area (Å²) in [5.74, 6) is 1.20. The van der Waals surface area contributed by atoms with E-state index in [0.29, 0.717) is 5.92 Å². The molecule has 0 aliphatic carbocycles. The zero-order chi connectivity index (χ0) is 17.9. The van der Waals surface area contributed by atoms with Gasteiger partial charge in [-0.2, -0.15) is 5.10 Å². The van der Waals surface area contributed by atoms with Crippen LogP contribution in [-0.2, 0) is 6.54 Å². The number of nitrogens with zero attached hydrogens (tertiary/aromatic N) is 5. The molecule has 8 heteroatoms. The Balaban J connectivity index is 1.50. The van der Waals surface area contributed by atoms with Gasteiger partial charge in [0.05, 0.1) is 17.6 Å². The van der Waals surface area contributed by atoms with Crippen LogP contribution in [0.5, 0.6) is 0 Å². The number of H-pyrrole nitrogens is 1. The fourth-order valence-corrected chi connectivity index (χ4v) is 4.14. The van der Waals surface area contributed by atoms with Crippen molar-refractivity contribution in [1.29, 1.82) is 0 Å². The summed E-state index contributed by atoms with van der Waals surface area (Å²) in [7, 11) is 0. The molecule has 26 heavy (non-hydrogen) atoms. The first-order valence-electron chi connectivity index (χ1n) is 8.90. The molecule has 3 aromatic heterocycles. The number of aromatic nitrogens is 5. The second kappa shape index (κ2) is 7.51. The molecule has 0 aromatic carbocycles. The van der Waals surface area contributed by atoms with Gasteiger partial charge >= 0.3 is 0 Å². The molecule has 0 radical (unpaired) electrons. The van der Waals surface area contributed by atoms with Gasteiger partial charge in [-0.05, 0) is 33.2 Å². The van der Waals surface area contributed by atoms with E-state index in [4.69, 9.17) is 0 Å². The summed E-state index contributed by atoms with van der Waals surface area (Å²) in [4.78, 5) is 16.2. The molecule has 136 valence electrons. The lowest BCUT2D eigenvalue weighted by molar-refractivity contribution is 0.198. The van der Waals surface area contributed by atoms with Crippen molar-refractivity contribution in [3.05, 3.63) is 46.6 Å². The number of piperidine rings is 1. The van der Waals surface area contributed by atoms with Crippen molar-refractivity contribution in [2.75, 3.05) is 18.4 Å². The lowest BCUT2D eigenvalue weighted by Crippen LogP contribution is -2.34. The monoisotopic (exact) mass is 369 g/mol. The Hall–Kier alpha value is -2.32. The van der Waals surface area contributed by atoms with Crippen molar-refractivity contribution in [2.24, 2.45) is 0 Å². The van der Waals surface area contributed by atoms with Gasteiger partial charge in [-0.3, -0.25) is 15.0 Å². The Morgan fingerprint density at radius 2 is 2.19 bits per heavy atom. The predicted octanol–water partition coefficient (Wildman–Crippen LogP) is 3.40. The van der Waals surface area contributed by atoms with Crippen molar-refractivity contribution >= 4 is 22.3 Å². The van der Waals surface area contributed by atoms with Crippen molar-refractivity contribution < 1.29 is 0 Å². The van der Waals surface area contributed by atoms with E-state index in [1.165, 1.54) is 5.56 Å². The molecular formula is C18H23N7S. The zero-order valence-electron chi connectivity index (χ0n) is 15.1. The molecule has 1 fully saturated rings. The first-order valence-corrected chi connectivity index (χ1v) is 9.78. The first kappa shape index (κ1) is 17.1. The van der Waals surface area contributed by atoms with Crippen molar-refractivity contribution in [3.63, 3.8) is 0 Å². The van der Waals surface area contributed by atoms with Crippen LogP contribution in [0.15, 0.2) is 24.0 Å². The molecule has 0 unspecified atom stereocenters. The normalized spacial score (nSPS) is 18.2. The van der Waals surface area contributed by atoms with E-state index in [-0.39, 0.29) is 0 Å². The van der Waals surface area contributed by atoms with E-state index >= 15 is 0 Å². The van der Waals surface area contributed by atoms with Crippen molar-refractivity contribution in [3.8, 4) is 0 Å². The number of thiazole rings is 1. The van der Waals surface area contributed by atoms with Crippen LogP contribution in [-0.4, -0.2) is 43.1 Å². The van der Waals surface area contributed by atoms with Gasteiger partial charge in [0.15, 0.2) is 10.9 Å². The Bertz CT molecular complexity index is 872. The van der Waals surface area contributed by atoms with Gasteiger partial charge in [0.25, 0.3) is 0 Å². The Labute approximate surface area is 156 Å². The number of hydrogen-bond acceptors (Lipinski definition) is 7. The fourth-order valence-electron chi connectivity index (χ4n) is 3.45. The molecule has 4 rings (SSSR count). The van der Waals surface area contributed by atoms with Crippen LogP contribution in [0.1, 0.15) is 41.4 Å². The lowest BCUT2D eigenvalue weighted by Gasteiger charge is -2.32. The smallest absolute Gasteiger partial charge is 0.188 e. The maximum absolute atomic E-state index is 4.66. The molecule has 4 heterocycles. The Morgan fingerprint density at radius 1 is 1.31 bits per heavy atom. The van der Waals surface area contributed by atoms with Crippen LogP contribution < -0.4 is 5.32 Å². The molecule has 0 amide bonds. The number of anilines is 2. The van der Waals surface area contributed by atoms with E-state index in [1.54, 1.807) is 23.7 Å². The van der Waals surface area contributed by atoms with Crippen LogP contribution in [0.3, 0.4) is 0 Å². The van der Waals surface area contributed by atoms with E-state index < -0.39 is 0 Å². The van der Waals surface area contributed by atoms with Gasteiger partial charge in [-0.15, -0.1) is 11.3 Å². The minimum Gasteiger partial charge on any atom is -0.315 e. The predicted molar refractivity (Wildman–Crippen MR) is 103 cm³/mol. The highest BCUT2D eigenvalue weighted by atomic mass is 32.1. The SMILES string of the molecule is Cc1csc(Nc2nccnc2[C@H]2CCCN(Cc3cn[nH]c3C)C2)n1. The molecule has 0 spiro atoms. The molecule has 1 atom stereocenters. The number of aryl methyl sites for hydroxylation is 2. The largest absolute Gasteiger partial charge is 0.315 e. The van der Waals surface area contributed by atoms with Gasteiger partial charge in [0.2, 0.25) is 0 Å². The van der Waals surface area contributed by atoms with Crippen molar-refractivity contribution in [1.82, 2.24) is 30.0 Å². The fraction of sp³-hybridized carbons (Fsp3) is 0.444. The topological polar surface area (TPSA) is 82.6 Å². The quantitative estimate of drug-likeness (QED) is 0.717. The van der Waals surface area contributed by atoms with Gasteiger partial charge in [0.1, 0.15) is 0 Å². The second-order valence-corrected chi connectivity index (χ2v) is 7.66. The van der Waals surface area contributed by atoms with Crippen LogP contribution in [0.25, 0.3) is 0 Å². The van der Waals surface area contributed by atoms with E-state index in [0.717, 1.165) is 60.5 Å². The first-order chi connectivity index (χ1) is 12.7. The molecule has 0 saturated carbocycles. The minimum atomic E-state index is 0.369. The molecule has 3 aromatic rings. The number of aromatic amines is 1. The average Bonchev–Trinajstić information content (AvgIpc) is 3.24. The summed E-state index contributed by atoms with van der Waals surface area (Å²) in [6, 6.07) is 0. The van der Waals surface area contributed by atoms with Crippen LogP contribution in [0.2, 0.25) is 0 Å². The lowest BCUT2D eigenvalue weighted by atomic mass is 9.94. The second-order valence-electron chi connectivity index (χ2n) is 6.80. The molecule has 1 saturated heterocycles. The van der Waals surface area contributed by atoms with Crippen LogP contribution in [0, 0.1) is 13.8 Å². The maximum atomic E-state index is 4.66.